The molecule has 0 heterocycles. The largest absolute Gasteiger partial charge is 0.507 e. The van der Waals surface area contributed by atoms with Gasteiger partial charge in [0.25, 0.3) is 11.8 Å². The van der Waals surface area contributed by atoms with Gasteiger partial charge in [0.15, 0.2) is 0 Å². The van der Waals surface area contributed by atoms with E-state index in [0.29, 0.717) is 5.69 Å². The molecule has 2 aromatic carbocycles. The minimum Gasteiger partial charge on any atom is -0.507 e. The fraction of sp³-hybridized carbons (Fsp3) is 0.167. The minimum absolute atomic E-state index is 0.0448. The summed E-state index contributed by atoms with van der Waals surface area (Å²) in [5, 5.41) is 12.1. The molecule has 3 amide bonds. The Morgan fingerprint density at radius 3 is 2.37 bits per heavy atom. The Labute approximate surface area is 165 Å². The number of hydrazine groups is 1. The van der Waals surface area contributed by atoms with Gasteiger partial charge in [0.1, 0.15) is 5.75 Å². The highest BCUT2D eigenvalue weighted by atomic mass is 35.5. The van der Waals surface area contributed by atoms with E-state index < -0.39 is 17.1 Å². The van der Waals surface area contributed by atoms with Gasteiger partial charge in [-0.05, 0) is 49.4 Å². The van der Waals surface area contributed by atoms with Crippen LogP contribution >= 0.6 is 23.4 Å². The summed E-state index contributed by atoms with van der Waals surface area (Å²) >= 11 is 7.08. The lowest BCUT2D eigenvalue weighted by Crippen LogP contribution is -2.44. The molecule has 0 bridgehead atoms. The van der Waals surface area contributed by atoms with Gasteiger partial charge in [0.2, 0.25) is 5.91 Å². The van der Waals surface area contributed by atoms with E-state index in [4.69, 9.17) is 11.6 Å². The fourth-order valence-electron chi connectivity index (χ4n) is 2.06. The van der Waals surface area contributed by atoms with Gasteiger partial charge < -0.3 is 10.4 Å². The molecule has 1 unspecified atom stereocenters. The number of benzene rings is 2. The third-order valence-corrected chi connectivity index (χ3v) is 4.71. The number of hydrogen-bond donors (Lipinski definition) is 4. The lowest BCUT2D eigenvalue weighted by molar-refractivity contribution is -0.121. The van der Waals surface area contributed by atoms with E-state index in [0.717, 1.165) is 4.90 Å². The maximum absolute atomic E-state index is 12.2. The number of halogens is 1. The normalized spacial score (nSPS) is 11.4. The van der Waals surface area contributed by atoms with E-state index in [-0.39, 0.29) is 22.2 Å². The number of nitrogens with one attached hydrogen (secondary N) is 3. The summed E-state index contributed by atoms with van der Waals surface area (Å²) in [5.74, 6) is -1.50. The van der Waals surface area contributed by atoms with E-state index in [1.807, 2.05) is 0 Å². The van der Waals surface area contributed by atoms with Crippen LogP contribution in [-0.2, 0) is 9.59 Å². The molecule has 0 fully saturated rings. The summed E-state index contributed by atoms with van der Waals surface area (Å²) < 4.78 is 0. The van der Waals surface area contributed by atoms with Crippen LogP contribution in [0.25, 0.3) is 0 Å². The van der Waals surface area contributed by atoms with E-state index in [1.54, 1.807) is 31.2 Å². The molecular weight excluding hydrogens is 390 g/mol. The van der Waals surface area contributed by atoms with Gasteiger partial charge in [-0.15, -0.1) is 11.8 Å². The Bertz CT molecular complexity index is 858. The number of thioether (sulfide) groups is 1. The van der Waals surface area contributed by atoms with Crippen LogP contribution in [0.15, 0.2) is 47.4 Å². The van der Waals surface area contributed by atoms with Crippen LogP contribution in [0, 0.1) is 0 Å². The van der Waals surface area contributed by atoms with Crippen molar-refractivity contribution < 1.29 is 19.5 Å². The molecular formula is C18H18ClN3O4S. The first-order valence-corrected chi connectivity index (χ1v) is 9.15. The van der Waals surface area contributed by atoms with Crippen LogP contribution in [0.5, 0.6) is 5.75 Å². The summed E-state index contributed by atoms with van der Waals surface area (Å²) in [6.45, 7) is 3.11. The highest BCUT2D eigenvalue weighted by Gasteiger charge is 2.17. The Morgan fingerprint density at radius 2 is 1.74 bits per heavy atom. The van der Waals surface area contributed by atoms with Crippen molar-refractivity contribution in [3.63, 3.8) is 0 Å². The third-order valence-electron chi connectivity index (χ3n) is 3.36. The summed E-state index contributed by atoms with van der Waals surface area (Å²) in [4.78, 5) is 36.0. The van der Waals surface area contributed by atoms with Crippen LogP contribution < -0.4 is 16.2 Å². The molecule has 27 heavy (non-hydrogen) atoms. The molecule has 2 rings (SSSR count). The molecule has 4 N–H and O–H groups in total. The summed E-state index contributed by atoms with van der Waals surface area (Å²) in [6.07, 6.45) is 0. The second-order valence-electron chi connectivity index (χ2n) is 5.57. The topological polar surface area (TPSA) is 108 Å². The van der Waals surface area contributed by atoms with Gasteiger partial charge in [-0.1, -0.05) is 11.6 Å². The van der Waals surface area contributed by atoms with Crippen molar-refractivity contribution in [1.29, 1.82) is 0 Å². The first-order valence-electron chi connectivity index (χ1n) is 7.89. The second kappa shape index (κ2) is 9.29. The SMILES string of the molecule is CC(=O)Nc1ccc(SC(C)C(=O)NNC(=O)c2cc(Cl)ccc2O)cc1. The van der Waals surface area contributed by atoms with Crippen molar-refractivity contribution in [3.8, 4) is 5.75 Å². The van der Waals surface area contributed by atoms with Crippen molar-refractivity contribution in [2.75, 3.05) is 5.32 Å². The molecule has 0 saturated carbocycles. The highest BCUT2D eigenvalue weighted by molar-refractivity contribution is 8.00. The van der Waals surface area contributed by atoms with Crippen LogP contribution in [-0.4, -0.2) is 28.1 Å². The number of aromatic hydroxyl groups is 1. The van der Waals surface area contributed by atoms with E-state index in [1.165, 1.54) is 36.9 Å². The zero-order valence-electron chi connectivity index (χ0n) is 14.6. The smallest absolute Gasteiger partial charge is 0.273 e. The lowest BCUT2D eigenvalue weighted by Gasteiger charge is -2.13. The standard InChI is InChI=1S/C18H18ClN3O4S/c1-10(27-14-6-4-13(5-7-14)20-11(2)23)17(25)21-22-18(26)15-9-12(19)3-8-16(15)24/h3-10,24H,1-2H3,(H,20,23)(H,21,25)(H,22,26). The molecule has 0 saturated heterocycles. The number of phenols is 1. The Kier molecular flexibility index (Phi) is 7.09. The number of phenolic OH excluding ortho intramolecular Hbond substituents is 1. The zero-order valence-corrected chi connectivity index (χ0v) is 16.1. The van der Waals surface area contributed by atoms with Gasteiger partial charge in [-0.2, -0.15) is 0 Å². The summed E-state index contributed by atoms with van der Waals surface area (Å²) in [6, 6.07) is 11.1. The fourth-order valence-corrected chi connectivity index (χ4v) is 3.09. The lowest BCUT2D eigenvalue weighted by atomic mass is 10.2. The van der Waals surface area contributed by atoms with Gasteiger partial charge in [-0.3, -0.25) is 25.2 Å². The number of carbonyl (C=O) groups excluding carboxylic acids is 3. The average Bonchev–Trinajstić information content (AvgIpc) is 2.62. The molecule has 7 nitrogen and oxygen atoms in total. The van der Waals surface area contributed by atoms with Crippen molar-refractivity contribution in [2.24, 2.45) is 0 Å². The predicted molar refractivity (Wildman–Crippen MR) is 105 cm³/mol. The molecule has 0 radical (unpaired) electrons. The third kappa shape index (κ3) is 6.19. The summed E-state index contributed by atoms with van der Waals surface area (Å²) in [5.41, 5.74) is 5.18. The van der Waals surface area contributed by atoms with E-state index >= 15 is 0 Å². The van der Waals surface area contributed by atoms with E-state index in [9.17, 15) is 19.5 Å². The maximum atomic E-state index is 12.2. The van der Waals surface area contributed by atoms with Crippen LogP contribution in [0.1, 0.15) is 24.2 Å². The van der Waals surface area contributed by atoms with Gasteiger partial charge >= 0.3 is 0 Å². The molecule has 0 spiro atoms. The van der Waals surface area contributed by atoms with Crippen molar-refractivity contribution in [2.45, 2.75) is 24.0 Å². The minimum atomic E-state index is -0.680. The van der Waals surface area contributed by atoms with Crippen molar-refractivity contribution in [3.05, 3.63) is 53.1 Å². The number of hydrogen-bond acceptors (Lipinski definition) is 5. The summed E-state index contributed by atoms with van der Waals surface area (Å²) in [7, 11) is 0. The Balaban J connectivity index is 1.89. The first-order chi connectivity index (χ1) is 12.8. The molecule has 0 aliphatic heterocycles. The molecule has 2 aromatic rings. The Hall–Kier alpha value is -2.71. The number of carbonyl (C=O) groups is 3. The number of anilines is 1. The van der Waals surface area contributed by atoms with E-state index in [2.05, 4.69) is 16.2 Å². The Morgan fingerprint density at radius 1 is 1.07 bits per heavy atom. The predicted octanol–water partition coefficient (Wildman–Crippen LogP) is 2.95. The van der Waals surface area contributed by atoms with Crippen LogP contribution in [0.4, 0.5) is 5.69 Å². The number of amides is 3. The quantitative estimate of drug-likeness (QED) is 0.450. The average molecular weight is 408 g/mol. The van der Waals surface area contributed by atoms with Crippen molar-refractivity contribution in [1.82, 2.24) is 10.9 Å². The maximum Gasteiger partial charge on any atom is 0.273 e. The van der Waals surface area contributed by atoms with Crippen molar-refractivity contribution >= 4 is 46.8 Å². The second-order valence-corrected chi connectivity index (χ2v) is 7.42. The van der Waals surface area contributed by atoms with Crippen LogP contribution in [0.2, 0.25) is 5.02 Å². The van der Waals surface area contributed by atoms with Gasteiger partial charge in [0, 0.05) is 22.5 Å². The monoisotopic (exact) mass is 407 g/mol. The van der Waals surface area contributed by atoms with Gasteiger partial charge in [0.05, 0.1) is 10.8 Å². The molecule has 142 valence electrons. The molecule has 1 atom stereocenters. The molecule has 0 aliphatic rings. The molecule has 9 heteroatoms. The highest BCUT2D eigenvalue weighted by Crippen LogP contribution is 2.25. The zero-order chi connectivity index (χ0) is 20.0. The van der Waals surface area contributed by atoms with Gasteiger partial charge in [-0.25, -0.2) is 0 Å². The van der Waals surface area contributed by atoms with Crippen LogP contribution in [0.3, 0.4) is 0 Å². The molecule has 0 aliphatic carbocycles. The first kappa shape index (κ1) is 20.6. The number of rotatable bonds is 5. The molecule has 0 aromatic heterocycles.